The largest absolute Gasteiger partial charge is 0.456 e. The lowest BCUT2D eigenvalue weighted by Gasteiger charge is -2.26. The summed E-state index contributed by atoms with van der Waals surface area (Å²) in [5.74, 6) is 2.57. The second-order valence-electron chi connectivity index (χ2n) is 5.67. The molecule has 0 saturated carbocycles. The number of esters is 1. The topological polar surface area (TPSA) is 80.8 Å². The van der Waals surface area contributed by atoms with Crippen molar-refractivity contribution in [3.05, 3.63) is 0 Å². The molecule has 2 saturated heterocycles. The van der Waals surface area contributed by atoms with E-state index in [0.29, 0.717) is 19.4 Å². The van der Waals surface area contributed by atoms with Gasteiger partial charge in [-0.25, -0.2) is 8.42 Å². The van der Waals surface area contributed by atoms with E-state index >= 15 is 0 Å². The van der Waals surface area contributed by atoms with Gasteiger partial charge in [0.05, 0.1) is 17.9 Å². The first-order valence-electron chi connectivity index (χ1n) is 7.76. The van der Waals surface area contributed by atoms with Gasteiger partial charge in [-0.1, -0.05) is 0 Å². The summed E-state index contributed by atoms with van der Waals surface area (Å²) in [7, 11) is -3.04. The molecule has 23 heavy (non-hydrogen) atoms. The Morgan fingerprint density at radius 3 is 2.65 bits per heavy atom. The summed E-state index contributed by atoms with van der Waals surface area (Å²) in [4.78, 5) is 25.6. The molecule has 9 heteroatoms. The second-order valence-corrected chi connectivity index (χ2v) is 10.5. The molecular weight excluding hydrogens is 358 g/mol. The SMILES string of the molecule is CCN(C(=O)COC(=O)C[C@@H]1CSCCS1)[C@H]1CCS(=O)(=O)C1. The van der Waals surface area contributed by atoms with Crippen LogP contribution in [0.1, 0.15) is 19.8 Å². The molecule has 132 valence electrons. The Bertz CT molecular complexity index is 531. The van der Waals surface area contributed by atoms with Gasteiger partial charge in [-0.05, 0) is 13.3 Å². The highest BCUT2D eigenvalue weighted by Gasteiger charge is 2.34. The van der Waals surface area contributed by atoms with Gasteiger partial charge in [0.25, 0.3) is 5.91 Å². The third kappa shape index (κ3) is 5.86. The number of carbonyl (C=O) groups is 2. The molecule has 6 nitrogen and oxygen atoms in total. The van der Waals surface area contributed by atoms with E-state index in [1.54, 1.807) is 18.7 Å². The molecule has 2 rings (SSSR count). The first-order chi connectivity index (χ1) is 10.9. The quantitative estimate of drug-likeness (QED) is 0.630. The van der Waals surface area contributed by atoms with Crippen molar-refractivity contribution in [3.63, 3.8) is 0 Å². The molecule has 0 aromatic carbocycles. The highest BCUT2D eigenvalue weighted by atomic mass is 32.2. The number of likely N-dealkylation sites (N-methyl/N-ethyl adjacent to an activating group) is 1. The average Bonchev–Trinajstić information content (AvgIpc) is 2.87. The van der Waals surface area contributed by atoms with Crippen molar-refractivity contribution in [1.82, 2.24) is 4.90 Å². The Labute approximate surface area is 146 Å². The number of hydrogen-bond acceptors (Lipinski definition) is 7. The summed E-state index contributed by atoms with van der Waals surface area (Å²) in [6.07, 6.45) is 0.792. The zero-order valence-electron chi connectivity index (χ0n) is 13.2. The minimum absolute atomic E-state index is 0.0104. The summed E-state index contributed by atoms with van der Waals surface area (Å²) in [6.45, 7) is 1.93. The van der Waals surface area contributed by atoms with Crippen molar-refractivity contribution in [2.75, 3.05) is 41.9 Å². The zero-order valence-corrected chi connectivity index (χ0v) is 15.7. The van der Waals surface area contributed by atoms with Crippen molar-refractivity contribution in [3.8, 4) is 0 Å². The second kappa shape index (κ2) is 8.62. The van der Waals surface area contributed by atoms with E-state index in [1.807, 2.05) is 11.8 Å². The van der Waals surface area contributed by atoms with Crippen LogP contribution in [-0.2, 0) is 24.2 Å². The van der Waals surface area contributed by atoms with Crippen LogP contribution in [0, 0.1) is 0 Å². The third-order valence-corrected chi connectivity index (χ3v) is 8.54. The molecule has 2 aliphatic heterocycles. The lowest BCUT2D eigenvalue weighted by Crippen LogP contribution is -2.43. The Morgan fingerprint density at radius 1 is 1.30 bits per heavy atom. The number of hydrogen-bond donors (Lipinski definition) is 0. The van der Waals surface area contributed by atoms with E-state index in [1.165, 1.54) is 4.90 Å². The van der Waals surface area contributed by atoms with Crippen LogP contribution >= 0.6 is 23.5 Å². The average molecular weight is 382 g/mol. The molecule has 0 spiro atoms. The lowest BCUT2D eigenvalue weighted by atomic mass is 10.2. The van der Waals surface area contributed by atoms with Gasteiger partial charge in [0.15, 0.2) is 16.4 Å². The van der Waals surface area contributed by atoms with Crippen LogP contribution < -0.4 is 0 Å². The molecule has 0 aromatic rings. The molecule has 2 atom stereocenters. The van der Waals surface area contributed by atoms with Crippen LogP contribution in [0.5, 0.6) is 0 Å². The molecule has 1 amide bonds. The van der Waals surface area contributed by atoms with Crippen LogP contribution in [0.4, 0.5) is 0 Å². The minimum Gasteiger partial charge on any atom is -0.456 e. The Kier molecular flexibility index (Phi) is 7.09. The molecule has 0 aromatic heterocycles. The molecule has 0 unspecified atom stereocenters. The van der Waals surface area contributed by atoms with E-state index in [9.17, 15) is 18.0 Å². The summed E-state index contributed by atoms with van der Waals surface area (Å²) in [5, 5.41) is 0.263. The Balaban J connectivity index is 1.77. The van der Waals surface area contributed by atoms with Gasteiger partial charge >= 0.3 is 5.97 Å². The highest BCUT2D eigenvalue weighted by molar-refractivity contribution is 8.06. The van der Waals surface area contributed by atoms with Crippen molar-refractivity contribution < 1.29 is 22.7 Å². The van der Waals surface area contributed by atoms with E-state index in [0.717, 1.165) is 17.3 Å². The van der Waals surface area contributed by atoms with Gasteiger partial charge in [-0.2, -0.15) is 23.5 Å². The van der Waals surface area contributed by atoms with Crippen molar-refractivity contribution >= 4 is 45.2 Å². The first-order valence-corrected chi connectivity index (χ1v) is 11.8. The summed E-state index contributed by atoms with van der Waals surface area (Å²) >= 11 is 3.61. The lowest BCUT2D eigenvalue weighted by molar-refractivity contribution is -0.152. The maximum Gasteiger partial charge on any atom is 0.307 e. The predicted octanol–water partition coefficient (Wildman–Crippen LogP) is 0.804. The first kappa shape index (κ1) is 18.9. The monoisotopic (exact) mass is 381 g/mol. The fraction of sp³-hybridized carbons (Fsp3) is 0.857. The van der Waals surface area contributed by atoms with E-state index in [2.05, 4.69) is 0 Å². The fourth-order valence-corrected chi connectivity index (χ4v) is 7.18. The van der Waals surface area contributed by atoms with Gasteiger partial charge in [0, 0.05) is 35.1 Å². The molecule has 2 fully saturated rings. The Hall–Kier alpha value is -0.410. The van der Waals surface area contributed by atoms with Crippen LogP contribution in [0.15, 0.2) is 0 Å². The molecule has 0 aliphatic carbocycles. The summed E-state index contributed by atoms with van der Waals surface area (Å²) < 4.78 is 28.2. The number of amides is 1. The minimum atomic E-state index is -3.04. The maximum absolute atomic E-state index is 12.2. The van der Waals surface area contributed by atoms with Crippen LogP contribution in [-0.4, -0.2) is 78.4 Å². The molecule has 0 radical (unpaired) electrons. The third-order valence-electron chi connectivity index (χ3n) is 3.95. The van der Waals surface area contributed by atoms with E-state index in [4.69, 9.17) is 4.74 Å². The number of carbonyl (C=O) groups excluding carboxylic acids is 2. The van der Waals surface area contributed by atoms with E-state index < -0.39 is 9.84 Å². The van der Waals surface area contributed by atoms with Crippen molar-refractivity contribution in [2.24, 2.45) is 0 Å². The van der Waals surface area contributed by atoms with Gasteiger partial charge < -0.3 is 9.64 Å². The summed E-state index contributed by atoms with van der Waals surface area (Å²) in [5.41, 5.74) is 0. The maximum atomic E-state index is 12.2. The van der Waals surface area contributed by atoms with E-state index in [-0.39, 0.29) is 41.3 Å². The predicted molar refractivity (Wildman–Crippen MR) is 93.6 cm³/mol. The molecular formula is C14H23NO5S3. The van der Waals surface area contributed by atoms with Crippen molar-refractivity contribution in [2.45, 2.75) is 31.1 Å². The number of ether oxygens (including phenoxy) is 1. The number of nitrogens with zero attached hydrogens (tertiary/aromatic N) is 1. The fourth-order valence-electron chi connectivity index (χ4n) is 2.78. The van der Waals surface area contributed by atoms with Gasteiger partial charge in [-0.15, -0.1) is 0 Å². The number of sulfone groups is 1. The van der Waals surface area contributed by atoms with Crippen LogP contribution in [0.2, 0.25) is 0 Å². The van der Waals surface area contributed by atoms with Gasteiger partial charge in [-0.3, -0.25) is 9.59 Å². The van der Waals surface area contributed by atoms with Gasteiger partial charge in [0.2, 0.25) is 0 Å². The molecule has 0 bridgehead atoms. The zero-order chi connectivity index (χ0) is 16.9. The highest BCUT2D eigenvalue weighted by Crippen LogP contribution is 2.26. The van der Waals surface area contributed by atoms with Crippen LogP contribution in [0.25, 0.3) is 0 Å². The number of thioether (sulfide) groups is 2. The van der Waals surface area contributed by atoms with Crippen LogP contribution in [0.3, 0.4) is 0 Å². The molecule has 2 heterocycles. The number of rotatable bonds is 6. The van der Waals surface area contributed by atoms with Crippen molar-refractivity contribution in [1.29, 1.82) is 0 Å². The molecule has 2 aliphatic rings. The standard InChI is InChI=1S/C14H23NO5S3/c1-2-15(11-3-6-23(18,19)10-11)13(16)8-20-14(17)7-12-9-21-4-5-22-12/h11-12H,2-10H2,1H3/t11-,12+/m0/s1. The smallest absolute Gasteiger partial charge is 0.307 e. The molecule has 0 N–H and O–H groups in total. The normalized spacial score (nSPS) is 26.7. The van der Waals surface area contributed by atoms with Gasteiger partial charge in [0.1, 0.15) is 0 Å². The Morgan fingerprint density at radius 2 is 2.09 bits per heavy atom. The summed E-state index contributed by atoms with van der Waals surface area (Å²) in [6, 6.07) is -0.290.